The smallest absolute Gasteiger partial charge is 0.0946 e. The minimum Gasteiger partial charge on any atom is -0.380 e. The van der Waals surface area contributed by atoms with Crippen LogP contribution in [0.3, 0.4) is 0 Å². The molecule has 2 aromatic rings. The highest BCUT2D eigenvalue weighted by Crippen LogP contribution is 2.34. The molecule has 3 rings (SSSR count). The third-order valence-electron chi connectivity index (χ3n) is 5.20. The molecular formula is C20H30N4O. The molecular weight excluding hydrogens is 312 g/mol. The van der Waals surface area contributed by atoms with Crippen LogP contribution in [0.5, 0.6) is 0 Å². The first-order chi connectivity index (χ1) is 12.2. The number of hydrogen-bond donors (Lipinski definition) is 1. The molecule has 136 valence electrons. The molecule has 0 aliphatic carbocycles. The van der Waals surface area contributed by atoms with Gasteiger partial charge in [0, 0.05) is 33.4 Å². The standard InChI is InChI=1S/C20H30N4O/c1-23-9-5-8-18(20(23)19-13-22-15-24(19)2)12-21-11-16-6-4-7-17(10-16)14-25-3/h4,6-7,10,13,15,18,20-21H,5,8-9,11-12,14H2,1-3H3/t18-,20+/m0/s1. The van der Waals surface area contributed by atoms with Crippen LogP contribution in [0.2, 0.25) is 0 Å². The molecule has 2 heterocycles. The highest BCUT2D eigenvalue weighted by molar-refractivity contribution is 5.23. The van der Waals surface area contributed by atoms with Gasteiger partial charge in [-0.05, 0) is 43.5 Å². The van der Waals surface area contributed by atoms with Crippen LogP contribution in [0, 0.1) is 5.92 Å². The van der Waals surface area contributed by atoms with Crippen LogP contribution in [-0.2, 0) is 24.9 Å². The molecule has 1 aromatic carbocycles. The lowest BCUT2D eigenvalue weighted by molar-refractivity contribution is 0.113. The second kappa shape index (κ2) is 8.61. The second-order valence-corrected chi connectivity index (χ2v) is 7.14. The van der Waals surface area contributed by atoms with Gasteiger partial charge < -0.3 is 14.6 Å². The first-order valence-corrected chi connectivity index (χ1v) is 9.13. The monoisotopic (exact) mass is 342 g/mol. The van der Waals surface area contributed by atoms with Crippen molar-refractivity contribution in [2.24, 2.45) is 13.0 Å². The summed E-state index contributed by atoms with van der Waals surface area (Å²) in [5.74, 6) is 0.608. The molecule has 25 heavy (non-hydrogen) atoms. The van der Waals surface area contributed by atoms with Gasteiger partial charge in [0.25, 0.3) is 0 Å². The number of piperidine rings is 1. The van der Waals surface area contributed by atoms with Crippen LogP contribution in [0.25, 0.3) is 0 Å². The van der Waals surface area contributed by atoms with Crippen molar-refractivity contribution in [2.75, 3.05) is 27.2 Å². The Balaban J connectivity index is 1.61. The Morgan fingerprint density at radius 3 is 2.88 bits per heavy atom. The summed E-state index contributed by atoms with van der Waals surface area (Å²) in [4.78, 5) is 6.80. The van der Waals surface area contributed by atoms with Crippen LogP contribution < -0.4 is 5.32 Å². The molecule has 1 aliphatic rings. The van der Waals surface area contributed by atoms with Crippen molar-refractivity contribution < 1.29 is 4.74 Å². The Morgan fingerprint density at radius 1 is 1.28 bits per heavy atom. The molecule has 1 N–H and O–H groups in total. The lowest BCUT2D eigenvalue weighted by Crippen LogP contribution is -2.41. The first kappa shape index (κ1) is 18.1. The summed E-state index contributed by atoms with van der Waals surface area (Å²) in [5, 5.41) is 3.68. The Labute approximate surface area is 151 Å². The fourth-order valence-corrected chi connectivity index (χ4v) is 3.99. The zero-order valence-electron chi connectivity index (χ0n) is 15.6. The van der Waals surface area contributed by atoms with Gasteiger partial charge in [0.15, 0.2) is 0 Å². The lowest BCUT2D eigenvalue weighted by atomic mass is 9.87. The molecule has 1 fully saturated rings. The van der Waals surface area contributed by atoms with Crippen LogP contribution in [-0.4, -0.2) is 41.7 Å². The summed E-state index contributed by atoms with van der Waals surface area (Å²) in [5.41, 5.74) is 3.86. The summed E-state index contributed by atoms with van der Waals surface area (Å²) in [6.07, 6.45) is 6.45. The van der Waals surface area contributed by atoms with Crippen LogP contribution in [0.1, 0.15) is 35.7 Å². The predicted molar refractivity (Wildman–Crippen MR) is 100 cm³/mol. The summed E-state index contributed by atoms with van der Waals surface area (Å²) < 4.78 is 7.39. The number of methoxy groups -OCH3 is 1. The van der Waals surface area contributed by atoms with E-state index in [0.29, 0.717) is 18.6 Å². The van der Waals surface area contributed by atoms with E-state index in [2.05, 4.69) is 58.1 Å². The maximum absolute atomic E-state index is 5.23. The third kappa shape index (κ3) is 4.48. The molecule has 1 aromatic heterocycles. The van der Waals surface area contributed by atoms with Crippen molar-refractivity contribution in [3.8, 4) is 0 Å². The summed E-state index contributed by atoms with van der Waals surface area (Å²) in [6, 6.07) is 9.06. The summed E-state index contributed by atoms with van der Waals surface area (Å²) >= 11 is 0. The van der Waals surface area contributed by atoms with Crippen LogP contribution >= 0.6 is 0 Å². The molecule has 0 bridgehead atoms. The van der Waals surface area contributed by atoms with Gasteiger partial charge in [0.1, 0.15) is 0 Å². The van der Waals surface area contributed by atoms with Crippen molar-refractivity contribution in [3.05, 3.63) is 53.6 Å². The van der Waals surface area contributed by atoms with Crippen molar-refractivity contribution in [1.29, 1.82) is 0 Å². The first-order valence-electron chi connectivity index (χ1n) is 9.13. The summed E-state index contributed by atoms with van der Waals surface area (Å²) in [6.45, 7) is 3.75. The minimum absolute atomic E-state index is 0.438. The number of hydrogen-bond acceptors (Lipinski definition) is 4. The van der Waals surface area contributed by atoms with Gasteiger partial charge in [-0.3, -0.25) is 4.90 Å². The molecule has 5 heteroatoms. The fraction of sp³-hybridized carbons (Fsp3) is 0.550. The van der Waals surface area contributed by atoms with E-state index in [1.165, 1.54) is 29.7 Å². The summed E-state index contributed by atoms with van der Waals surface area (Å²) in [7, 11) is 6.07. The van der Waals surface area contributed by atoms with Crippen molar-refractivity contribution in [3.63, 3.8) is 0 Å². The molecule has 2 atom stereocenters. The maximum atomic E-state index is 5.23. The average molecular weight is 342 g/mol. The molecule has 5 nitrogen and oxygen atoms in total. The average Bonchev–Trinajstić information content (AvgIpc) is 3.01. The van der Waals surface area contributed by atoms with Gasteiger partial charge in [-0.15, -0.1) is 0 Å². The number of ether oxygens (including phenoxy) is 1. The molecule has 0 saturated carbocycles. The number of nitrogens with zero attached hydrogens (tertiary/aromatic N) is 3. The lowest BCUT2D eigenvalue weighted by Gasteiger charge is -2.39. The number of imidazole rings is 1. The number of benzene rings is 1. The zero-order valence-corrected chi connectivity index (χ0v) is 15.6. The van der Waals surface area contributed by atoms with Gasteiger partial charge in [-0.2, -0.15) is 0 Å². The molecule has 0 unspecified atom stereocenters. The van der Waals surface area contributed by atoms with E-state index >= 15 is 0 Å². The normalized spacial score (nSPS) is 21.6. The van der Waals surface area contributed by atoms with Gasteiger partial charge in [-0.25, -0.2) is 4.98 Å². The van der Waals surface area contributed by atoms with E-state index in [9.17, 15) is 0 Å². The minimum atomic E-state index is 0.438. The Hall–Kier alpha value is -1.69. The van der Waals surface area contributed by atoms with E-state index in [1.54, 1.807) is 7.11 Å². The Bertz CT molecular complexity index is 669. The third-order valence-corrected chi connectivity index (χ3v) is 5.20. The number of aryl methyl sites for hydroxylation is 1. The zero-order chi connectivity index (χ0) is 17.6. The topological polar surface area (TPSA) is 42.3 Å². The van der Waals surface area contributed by atoms with Gasteiger partial charge in [-0.1, -0.05) is 24.3 Å². The van der Waals surface area contributed by atoms with Crippen LogP contribution in [0.15, 0.2) is 36.8 Å². The second-order valence-electron chi connectivity index (χ2n) is 7.14. The highest BCUT2D eigenvalue weighted by atomic mass is 16.5. The Morgan fingerprint density at radius 2 is 2.12 bits per heavy atom. The quantitative estimate of drug-likeness (QED) is 0.840. The predicted octanol–water partition coefficient (Wildman–Crippen LogP) is 2.74. The maximum Gasteiger partial charge on any atom is 0.0946 e. The molecule has 0 spiro atoms. The van der Waals surface area contributed by atoms with Crippen molar-refractivity contribution in [2.45, 2.75) is 32.0 Å². The van der Waals surface area contributed by atoms with Gasteiger partial charge in [0.05, 0.1) is 24.7 Å². The van der Waals surface area contributed by atoms with E-state index < -0.39 is 0 Å². The number of likely N-dealkylation sites (tertiary alicyclic amines) is 1. The van der Waals surface area contributed by atoms with Crippen molar-refractivity contribution >= 4 is 0 Å². The van der Waals surface area contributed by atoms with Gasteiger partial charge in [0.2, 0.25) is 0 Å². The number of rotatable bonds is 7. The van der Waals surface area contributed by atoms with E-state index in [-0.39, 0.29) is 0 Å². The van der Waals surface area contributed by atoms with E-state index in [4.69, 9.17) is 4.74 Å². The molecule has 0 radical (unpaired) electrons. The highest BCUT2D eigenvalue weighted by Gasteiger charge is 2.31. The van der Waals surface area contributed by atoms with E-state index in [0.717, 1.165) is 19.6 Å². The van der Waals surface area contributed by atoms with Crippen molar-refractivity contribution in [1.82, 2.24) is 19.8 Å². The number of nitrogens with one attached hydrogen (secondary N) is 1. The van der Waals surface area contributed by atoms with Crippen LogP contribution in [0.4, 0.5) is 0 Å². The van der Waals surface area contributed by atoms with E-state index in [1.807, 2.05) is 12.5 Å². The molecule has 0 amide bonds. The SMILES string of the molecule is COCc1cccc(CNC[C@@H]2CCCN(C)[C@H]2c2cncn2C)c1. The molecule has 1 saturated heterocycles. The largest absolute Gasteiger partial charge is 0.380 e. The fourth-order valence-electron chi connectivity index (χ4n) is 3.99. The Kier molecular flexibility index (Phi) is 6.24. The van der Waals surface area contributed by atoms with Gasteiger partial charge >= 0.3 is 0 Å². The number of aromatic nitrogens is 2. The molecule has 1 aliphatic heterocycles.